The second kappa shape index (κ2) is 6.73. The summed E-state index contributed by atoms with van der Waals surface area (Å²) >= 11 is 0. The smallest absolute Gasteiger partial charge is 0.161 e. The van der Waals surface area contributed by atoms with E-state index in [0.717, 1.165) is 0 Å². The maximum Gasteiger partial charge on any atom is 0.161 e. The molecule has 2 rings (SSSR count). The van der Waals surface area contributed by atoms with Crippen LogP contribution < -0.4 is 9.47 Å². The molecular formula is C16H14FNO3. The second-order valence-corrected chi connectivity index (χ2v) is 4.39. The number of hydrogen-bond donors (Lipinski definition) is 1. The summed E-state index contributed by atoms with van der Waals surface area (Å²) in [5.41, 5.74) is 1.51. The molecule has 0 heterocycles. The van der Waals surface area contributed by atoms with Crippen LogP contribution >= 0.6 is 0 Å². The van der Waals surface area contributed by atoms with Crippen molar-refractivity contribution in [2.24, 2.45) is 0 Å². The first-order valence-corrected chi connectivity index (χ1v) is 6.26. The molecule has 0 aromatic heterocycles. The summed E-state index contributed by atoms with van der Waals surface area (Å²) in [5, 5.41) is 17.9. The van der Waals surface area contributed by atoms with E-state index in [4.69, 9.17) is 19.8 Å². The minimum atomic E-state index is -0.477. The van der Waals surface area contributed by atoms with Crippen LogP contribution in [0.1, 0.15) is 16.7 Å². The average Bonchev–Trinajstić information content (AvgIpc) is 2.52. The molecule has 2 aromatic rings. The summed E-state index contributed by atoms with van der Waals surface area (Å²) in [4.78, 5) is 0. The number of benzene rings is 2. The summed E-state index contributed by atoms with van der Waals surface area (Å²) in [6.07, 6.45) is 0. The van der Waals surface area contributed by atoms with Crippen LogP contribution in [0.3, 0.4) is 0 Å². The van der Waals surface area contributed by atoms with Gasteiger partial charge in [0, 0.05) is 0 Å². The van der Waals surface area contributed by atoms with Gasteiger partial charge in [-0.1, -0.05) is 6.07 Å². The van der Waals surface area contributed by atoms with E-state index in [1.165, 1.54) is 19.2 Å². The van der Waals surface area contributed by atoms with Gasteiger partial charge in [-0.05, 0) is 41.5 Å². The maximum atomic E-state index is 13.3. The van der Waals surface area contributed by atoms with Crippen LogP contribution in [0.15, 0.2) is 36.4 Å². The maximum absolute atomic E-state index is 13.3. The fraction of sp³-hybridized carbons (Fsp3) is 0.188. The first kappa shape index (κ1) is 14.8. The highest BCUT2D eigenvalue weighted by molar-refractivity contribution is 5.43. The molecule has 0 saturated heterocycles. The number of nitrogens with zero attached hydrogens (tertiary/aromatic N) is 1. The number of halogens is 1. The summed E-state index contributed by atoms with van der Waals surface area (Å²) in [7, 11) is 1.50. The molecule has 21 heavy (non-hydrogen) atoms. The van der Waals surface area contributed by atoms with Crippen molar-refractivity contribution in [1.29, 1.82) is 5.26 Å². The highest BCUT2D eigenvalue weighted by atomic mass is 19.1. The van der Waals surface area contributed by atoms with Crippen LogP contribution in [0.4, 0.5) is 4.39 Å². The normalized spacial score (nSPS) is 10.0. The summed E-state index contributed by atoms with van der Waals surface area (Å²) in [6.45, 7) is 0.0212. The van der Waals surface area contributed by atoms with Crippen LogP contribution in [0.25, 0.3) is 0 Å². The third kappa shape index (κ3) is 3.71. The van der Waals surface area contributed by atoms with Gasteiger partial charge in [-0.15, -0.1) is 0 Å². The van der Waals surface area contributed by atoms with E-state index in [1.54, 1.807) is 24.3 Å². The number of hydrogen-bond acceptors (Lipinski definition) is 4. The molecule has 5 heteroatoms. The molecule has 0 radical (unpaired) electrons. The molecule has 108 valence electrons. The second-order valence-electron chi connectivity index (χ2n) is 4.39. The van der Waals surface area contributed by atoms with Gasteiger partial charge in [0.15, 0.2) is 11.5 Å². The van der Waals surface area contributed by atoms with Crippen molar-refractivity contribution in [2.75, 3.05) is 7.11 Å². The fourth-order valence-electron chi connectivity index (χ4n) is 1.89. The van der Waals surface area contributed by atoms with E-state index >= 15 is 0 Å². The Morgan fingerprint density at radius 3 is 2.62 bits per heavy atom. The number of aliphatic hydroxyl groups excluding tert-OH is 1. The first-order valence-electron chi connectivity index (χ1n) is 6.26. The van der Waals surface area contributed by atoms with E-state index in [0.29, 0.717) is 22.6 Å². The van der Waals surface area contributed by atoms with Gasteiger partial charge in [0.2, 0.25) is 0 Å². The van der Waals surface area contributed by atoms with Gasteiger partial charge in [0.1, 0.15) is 12.4 Å². The number of ether oxygens (including phenoxy) is 2. The monoisotopic (exact) mass is 287 g/mol. The molecule has 0 atom stereocenters. The van der Waals surface area contributed by atoms with Gasteiger partial charge in [0.25, 0.3) is 0 Å². The first-order chi connectivity index (χ1) is 10.2. The van der Waals surface area contributed by atoms with Gasteiger partial charge in [0.05, 0.1) is 25.3 Å². The van der Waals surface area contributed by atoms with Crippen LogP contribution in [-0.4, -0.2) is 12.2 Å². The van der Waals surface area contributed by atoms with Crippen LogP contribution in [0.2, 0.25) is 0 Å². The average molecular weight is 287 g/mol. The predicted octanol–water partition coefficient (Wildman–Crippen LogP) is 2.78. The van der Waals surface area contributed by atoms with E-state index in [2.05, 4.69) is 0 Å². The zero-order chi connectivity index (χ0) is 15.2. The van der Waals surface area contributed by atoms with Crippen LogP contribution in [0, 0.1) is 17.1 Å². The molecule has 0 unspecified atom stereocenters. The van der Waals surface area contributed by atoms with Gasteiger partial charge in [-0.3, -0.25) is 0 Å². The Labute approximate surface area is 122 Å². The molecule has 0 aliphatic heterocycles. The van der Waals surface area contributed by atoms with E-state index in [1.807, 2.05) is 6.07 Å². The Morgan fingerprint density at radius 1 is 1.14 bits per heavy atom. The highest BCUT2D eigenvalue weighted by Crippen LogP contribution is 2.29. The molecule has 0 saturated carbocycles. The SMILES string of the molecule is COc1cc(CO)ccc1OCc1cc(F)cc(C#N)c1. The van der Waals surface area contributed by atoms with Crippen molar-refractivity contribution in [3.05, 3.63) is 58.9 Å². The minimum Gasteiger partial charge on any atom is -0.493 e. The molecule has 0 bridgehead atoms. The zero-order valence-electron chi connectivity index (χ0n) is 11.5. The van der Waals surface area contributed by atoms with Crippen molar-refractivity contribution in [3.63, 3.8) is 0 Å². The summed E-state index contributed by atoms with van der Waals surface area (Å²) < 4.78 is 24.1. The quantitative estimate of drug-likeness (QED) is 0.918. The third-order valence-electron chi connectivity index (χ3n) is 2.89. The zero-order valence-corrected chi connectivity index (χ0v) is 11.5. The van der Waals surface area contributed by atoms with Crippen molar-refractivity contribution in [1.82, 2.24) is 0 Å². The van der Waals surface area contributed by atoms with Gasteiger partial charge < -0.3 is 14.6 Å². The Morgan fingerprint density at radius 2 is 1.95 bits per heavy atom. The number of rotatable bonds is 5. The molecule has 1 N–H and O–H groups in total. The van der Waals surface area contributed by atoms with Gasteiger partial charge >= 0.3 is 0 Å². The van der Waals surface area contributed by atoms with Gasteiger partial charge in [-0.2, -0.15) is 5.26 Å². The molecular weight excluding hydrogens is 273 g/mol. The molecule has 0 amide bonds. The molecule has 2 aromatic carbocycles. The lowest BCUT2D eigenvalue weighted by atomic mass is 10.1. The van der Waals surface area contributed by atoms with Gasteiger partial charge in [-0.25, -0.2) is 4.39 Å². The lowest BCUT2D eigenvalue weighted by Gasteiger charge is -2.12. The van der Waals surface area contributed by atoms with Crippen molar-refractivity contribution in [3.8, 4) is 17.6 Å². The summed E-state index contributed by atoms with van der Waals surface area (Å²) in [5.74, 6) is 0.492. The van der Waals surface area contributed by atoms with E-state index in [9.17, 15) is 4.39 Å². The number of nitriles is 1. The predicted molar refractivity (Wildman–Crippen MR) is 74.4 cm³/mol. The Balaban J connectivity index is 2.16. The Hall–Kier alpha value is -2.58. The van der Waals surface area contributed by atoms with E-state index in [-0.39, 0.29) is 18.8 Å². The topological polar surface area (TPSA) is 62.5 Å². The molecule has 0 aliphatic rings. The van der Waals surface area contributed by atoms with Crippen molar-refractivity contribution in [2.45, 2.75) is 13.2 Å². The van der Waals surface area contributed by atoms with Crippen LogP contribution in [0.5, 0.6) is 11.5 Å². The highest BCUT2D eigenvalue weighted by Gasteiger charge is 2.07. The number of methoxy groups -OCH3 is 1. The molecule has 0 aliphatic carbocycles. The Bertz CT molecular complexity index is 680. The van der Waals surface area contributed by atoms with Crippen molar-refractivity contribution >= 4 is 0 Å². The van der Waals surface area contributed by atoms with Crippen LogP contribution in [-0.2, 0) is 13.2 Å². The minimum absolute atomic E-state index is 0.0912. The lowest BCUT2D eigenvalue weighted by molar-refractivity contribution is 0.274. The standard InChI is InChI=1S/C16H14FNO3/c1-20-16-7-11(9-19)2-3-15(16)21-10-13-4-12(8-18)5-14(17)6-13/h2-7,19H,9-10H2,1H3. The lowest BCUT2D eigenvalue weighted by Crippen LogP contribution is -1.99. The third-order valence-corrected chi connectivity index (χ3v) is 2.89. The molecule has 0 spiro atoms. The largest absolute Gasteiger partial charge is 0.493 e. The molecule has 4 nitrogen and oxygen atoms in total. The fourth-order valence-corrected chi connectivity index (χ4v) is 1.89. The number of aliphatic hydroxyl groups is 1. The van der Waals surface area contributed by atoms with Crippen molar-refractivity contribution < 1.29 is 19.0 Å². The van der Waals surface area contributed by atoms with E-state index < -0.39 is 5.82 Å². The molecule has 0 fully saturated rings. The Kier molecular flexibility index (Phi) is 4.75. The summed E-state index contributed by atoms with van der Waals surface area (Å²) in [6, 6.07) is 11.0.